The van der Waals surface area contributed by atoms with Crippen molar-refractivity contribution in [2.75, 3.05) is 0 Å². The number of nitrogens with one attached hydrogen (secondary N) is 2. The summed E-state index contributed by atoms with van der Waals surface area (Å²) >= 11 is 0. The molecule has 0 spiro atoms. The molecule has 0 saturated heterocycles. The lowest BCUT2D eigenvalue weighted by Gasteiger charge is -2.05. The molecule has 2 N–H and O–H groups in total. The van der Waals surface area contributed by atoms with Gasteiger partial charge in [0.15, 0.2) is 0 Å². The van der Waals surface area contributed by atoms with Crippen LogP contribution in [0.4, 0.5) is 0 Å². The lowest BCUT2D eigenvalue weighted by Crippen LogP contribution is -2.33. The van der Waals surface area contributed by atoms with Gasteiger partial charge in [-0.1, -0.05) is 0 Å². The van der Waals surface area contributed by atoms with Gasteiger partial charge in [-0.25, -0.2) is 4.98 Å². The van der Waals surface area contributed by atoms with E-state index in [1.54, 1.807) is 13.8 Å². The predicted molar refractivity (Wildman–Crippen MR) is 54.8 cm³/mol. The number of aryl methyl sites for hydroxylation is 2. The van der Waals surface area contributed by atoms with Gasteiger partial charge in [0.05, 0.1) is 5.69 Å². The van der Waals surface area contributed by atoms with Crippen molar-refractivity contribution < 1.29 is 4.79 Å². The molecular formula is C10H13N3O2. The summed E-state index contributed by atoms with van der Waals surface area (Å²) in [5.41, 5.74) is 0.250. The predicted octanol–water partition coefficient (Wildman–Crippen LogP) is 0.279. The average Bonchev–Trinajstić information content (AvgIpc) is 2.85. The van der Waals surface area contributed by atoms with E-state index in [4.69, 9.17) is 0 Å². The second-order valence-corrected chi connectivity index (χ2v) is 3.86. The maximum absolute atomic E-state index is 11.7. The van der Waals surface area contributed by atoms with Gasteiger partial charge in [-0.3, -0.25) is 9.59 Å². The van der Waals surface area contributed by atoms with Gasteiger partial charge >= 0.3 is 0 Å². The summed E-state index contributed by atoms with van der Waals surface area (Å²) in [6.07, 6.45) is 2.00. The average molecular weight is 207 g/mol. The van der Waals surface area contributed by atoms with Gasteiger partial charge < -0.3 is 10.3 Å². The van der Waals surface area contributed by atoms with E-state index in [9.17, 15) is 9.59 Å². The number of aromatic amines is 1. The molecule has 1 aromatic rings. The number of rotatable bonds is 2. The minimum Gasteiger partial charge on any atom is -0.349 e. The molecule has 1 aliphatic rings. The lowest BCUT2D eigenvalue weighted by molar-refractivity contribution is 0.0948. The molecule has 0 radical (unpaired) electrons. The highest BCUT2D eigenvalue weighted by Crippen LogP contribution is 2.19. The fourth-order valence-electron chi connectivity index (χ4n) is 1.48. The quantitative estimate of drug-likeness (QED) is 0.731. The van der Waals surface area contributed by atoms with Crippen LogP contribution in [0.2, 0.25) is 0 Å². The van der Waals surface area contributed by atoms with Gasteiger partial charge in [0.1, 0.15) is 11.4 Å². The molecule has 1 saturated carbocycles. The molecule has 1 aromatic heterocycles. The Morgan fingerprint density at radius 3 is 2.67 bits per heavy atom. The van der Waals surface area contributed by atoms with Crippen molar-refractivity contribution >= 4 is 5.91 Å². The molecule has 1 aliphatic carbocycles. The van der Waals surface area contributed by atoms with E-state index in [0.29, 0.717) is 11.5 Å². The zero-order valence-electron chi connectivity index (χ0n) is 8.76. The van der Waals surface area contributed by atoms with Crippen molar-refractivity contribution in [1.29, 1.82) is 0 Å². The summed E-state index contributed by atoms with van der Waals surface area (Å²) in [5, 5.41) is 2.77. The van der Waals surface area contributed by atoms with E-state index < -0.39 is 0 Å². The number of hydrogen-bond acceptors (Lipinski definition) is 3. The highest BCUT2D eigenvalue weighted by molar-refractivity contribution is 5.95. The Morgan fingerprint density at radius 2 is 2.13 bits per heavy atom. The molecule has 0 atom stereocenters. The zero-order chi connectivity index (χ0) is 11.0. The van der Waals surface area contributed by atoms with Crippen molar-refractivity contribution in [2.45, 2.75) is 32.7 Å². The van der Waals surface area contributed by atoms with Crippen LogP contribution in [0.25, 0.3) is 0 Å². The van der Waals surface area contributed by atoms with Crippen LogP contribution in [0.5, 0.6) is 0 Å². The van der Waals surface area contributed by atoms with E-state index in [0.717, 1.165) is 12.8 Å². The van der Waals surface area contributed by atoms with Crippen LogP contribution in [0, 0.1) is 13.8 Å². The van der Waals surface area contributed by atoms with Gasteiger partial charge in [0.25, 0.3) is 11.5 Å². The summed E-state index contributed by atoms with van der Waals surface area (Å²) in [5.74, 6) is 0.212. The van der Waals surface area contributed by atoms with Crippen LogP contribution in [0.3, 0.4) is 0 Å². The normalized spacial score (nSPS) is 15.1. The molecule has 0 aliphatic heterocycles. The molecule has 2 rings (SSSR count). The van der Waals surface area contributed by atoms with Crippen LogP contribution in [0.1, 0.15) is 34.7 Å². The Morgan fingerprint density at radius 1 is 1.47 bits per heavy atom. The SMILES string of the molecule is Cc1nc(C)c(C(=O)NC2CC2)c(=O)[nH]1. The van der Waals surface area contributed by atoms with Crippen LogP contribution in [-0.4, -0.2) is 21.9 Å². The largest absolute Gasteiger partial charge is 0.349 e. The van der Waals surface area contributed by atoms with Gasteiger partial charge in [-0.2, -0.15) is 0 Å². The number of aromatic nitrogens is 2. The molecule has 5 heteroatoms. The summed E-state index contributed by atoms with van der Waals surface area (Å²) in [7, 11) is 0. The van der Waals surface area contributed by atoms with E-state index >= 15 is 0 Å². The standard InChI is InChI=1S/C10H13N3O2/c1-5-8(9(14)12-6(2)11-5)10(15)13-7-3-4-7/h7H,3-4H2,1-2H3,(H,13,15)(H,11,12,14). The molecule has 0 unspecified atom stereocenters. The van der Waals surface area contributed by atoms with Crippen molar-refractivity contribution in [3.8, 4) is 0 Å². The Bertz CT molecular complexity index is 460. The number of H-pyrrole nitrogens is 1. The highest BCUT2D eigenvalue weighted by atomic mass is 16.2. The summed E-state index contributed by atoms with van der Waals surface area (Å²) in [6.45, 7) is 3.36. The first-order valence-corrected chi connectivity index (χ1v) is 4.96. The van der Waals surface area contributed by atoms with E-state index in [1.165, 1.54) is 0 Å². The van der Waals surface area contributed by atoms with Crippen LogP contribution in [0.15, 0.2) is 4.79 Å². The van der Waals surface area contributed by atoms with Gasteiger partial charge in [-0.15, -0.1) is 0 Å². The summed E-state index contributed by atoms with van der Waals surface area (Å²) < 4.78 is 0. The number of nitrogens with zero attached hydrogens (tertiary/aromatic N) is 1. The smallest absolute Gasteiger partial charge is 0.264 e. The second kappa shape index (κ2) is 3.49. The molecular weight excluding hydrogens is 194 g/mol. The van der Waals surface area contributed by atoms with E-state index in [-0.39, 0.29) is 23.1 Å². The topological polar surface area (TPSA) is 74.8 Å². The molecule has 5 nitrogen and oxygen atoms in total. The first kappa shape index (κ1) is 9.89. The van der Waals surface area contributed by atoms with Gasteiger partial charge in [0, 0.05) is 6.04 Å². The molecule has 15 heavy (non-hydrogen) atoms. The van der Waals surface area contributed by atoms with Crippen molar-refractivity contribution in [3.05, 3.63) is 27.4 Å². The number of carbonyl (C=O) groups is 1. The monoisotopic (exact) mass is 207 g/mol. The molecule has 1 fully saturated rings. The Kier molecular flexibility index (Phi) is 2.30. The molecule has 0 aromatic carbocycles. The van der Waals surface area contributed by atoms with Crippen LogP contribution >= 0.6 is 0 Å². The minimum absolute atomic E-state index is 0.132. The molecule has 1 amide bonds. The van der Waals surface area contributed by atoms with E-state index in [2.05, 4.69) is 15.3 Å². The number of amides is 1. The fraction of sp³-hybridized carbons (Fsp3) is 0.500. The van der Waals surface area contributed by atoms with Crippen LogP contribution < -0.4 is 10.9 Å². The highest BCUT2D eigenvalue weighted by Gasteiger charge is 2.26. The number of carbonyl (C=O) groups excluding carboxylic acids is 1. The van der Waals surface area contributed by atoms with Gasteiger partial charge in [-0.05, 0) is 26.7 Å². The van der Waals surface area contributed by atoms with Crippen LogP contribution in [-0.2, 0) is 0 Å². The Hall–Kier alpha value is -1.65. The number of hydrogen-bond donors (Lipinski definition) is 2. The molecule has 1 heterocycles. The minimum atomic E-state index is -0.363. The summed E-state index contributed by atoms with van der Waals surface area (Å²) in [6, 6.07) is 0.248. The molecule has 80 valence electrons. The maximum atomic E-state index is 11.7. The maximum Gasteiger partial charge on any atom is 0.264 e. The first-order valence-electron chi connectivity index (χ1n) is 4.96. The second-order valence-electron chi connectivity index (χ2n) is 3.86. The molecule has 0 bridgehead atoms. The van der Waals surface area contributed by atoms with Crippen molar-refractivity contribution in [3.63, 3.8) is 0 Å². The Balaban J connectivity index is 2.33. The third-order valence-corrected chi connectivity index (χ3v) is 2.36. The third-order valence-electron chi connectivity index (χ3n) is 2.36. The zero-order valence-corrected chi connectivity index (χ0v) is 8.76. The fourth-order valence-corrected chi connectivity index (χ4v) is 1.48. The third kappa shape index (κ3) is 2.06. The van der Waals surface area contributed by atoms with Crippen molar-refractivity contribution in [1.82, 2.24) is 15.3 Å². The Labute approximate surface area is 86.9 Å². The van der Waals surface area contributed by atoms with Gasteiger partial charge in [0.2, 0.25) is 0 Å². The van der Waals surface area contributed by atoms with Crippen molar-refractivity contribution in [2.24, 2.45) is 0 Å². The first-order chi connectivity index (χ1) is 7.08. The van der Waals surface area contributed by atoms with E-state index in [1.807, 2.05) is 0 Å². The lowest BCUT2D eigenvalue weighted by atomic mass is 10.2. The summed E-state index contributed by atoms with van der Waals surface area (Å²) in [4.78, 5) is 29.8.